The molecule has 0 saturated heterocycles. The lowest BCUT2D eigenvalue weighted by Gasteiger charge is -2.11. The van der Waals surface area contributed by atoms with Gasteiger partial charge in [0.2, 0.25) is 15.9 Å². The summed E-state index contributed by atoms with van der Waals surface area (Å²) < 4.78 is 32.9. The molecule has 8 heteroatoms. The molecular weight excluding hydrogens is 372 g/mol. The predicted octanol–water partition coefficient (Wildman–Crippen LogP) is 2.85. The highest BCUT2D eigenvalue weighted by Crippen LogP contribution is 2.34. The molecule has 0 bridgehead atoms. The number of anilines is 1. The molecule has 0 saturated carbocycles. The summed E-state index contributed by atoms with van der Waals surface area (Å²) in [4.78, 5) is 13.0. The van der Waals surface area contributed by atoms with Crippen molar-refractivity contribution in [2.24, 2.45) is 5.92 Å². The summed E-state index contributed by atoms with van der Waals surface area (Å²) in [5, 5.41) is 2.81. The minimum absolute atomic E-state index is 0.100. The molecule has 6 nitrogen and oxygen atoms in total. The Labute approximate surface area is 157 Å². The fourth-order valence-corrected chi connectivity index (χ4v) is 4.51. The molecule has 26 heavy (non-hydrogen) atoms. The number of hydrogen-bond acceptors (Lipinski definition) is 5. The second-order valence-electron chi connectivity index (χ2n) is 6.03. The van der Waals surface area contributed by atoms with Gasteiger partial charge in [0.1, 0.15) is 5.75 Å². The standard InChI is InChI=1S/C18H20N2O4S2/c1-12-11-25-17-8-7-15(9-16(17)20-18(12)21)26(22,23)19-10-13-3-5-14(24-2)6-4-13/h3-9,12,19H,10-11H2,1-2H3,(H,20,21)/t12-/m1/s1. The number of amides is 1. The number of nitrogens with one attached hydrogen (secondary N) is 2. The highest BCUT2D eigenvalue weighted by molar-refractivity contribution is 7.99. The van der Waals surface area contributed by atoms with Crippen molar-refractivity contribution >= 4 is 33.4 Å². The van der Waals surface area contributed by atoms with Crippen molar-refractivity contribution in [2.75, 3.05) is 18.2 Å². The van der Waals surface area contributed by atoms with E-state index >= 15 is 0 Å². The molecule has 2 N–H and O–H groups in total. The molecule has 0 fully saturated rings. The average molecular weight is 393 g/mol. The number of carbonyl (C=O) groups excluding carboxylic acids is 1. The summed E-state index contributed by atoms with van der Waals surface area (Å²) in [6, 6.07) is 12.0. The number of sulfonamides is 1. The van der Waals surface area contributed by atoms with Gasteiger partial charge in [-0.25, -0.2) is 13.1 Å². The number of methoxy groups -OCH3 is 1. The van der Waals surface area contributed by atoms with Gasteiger partial charge in [0.25, 0.3) is 0 Å². The molecule has 1 aliphatic rings. The van der Waals surface area contributed by atoms with Crippen LogP contribution in [0.3, 0.4) is 0 Å². The molecule has 0 unspecified atom stereocenters. The van der Waals surface area contributed by atoms with Gasteiger partial charge in [-0.2, -0.15) is 0 Å². The van der Waals surface area contributed by atoms with Gasteiger partial charge in [0, 0.05) is 23.1 Å². The normalized spacial score (nSPS) is 17.2. The largest absolute Gasteiger partial charge is 0.497 e. The van der Waals surface area contributed by atoms with E-state index in [1.807, 2.05) is 6.92 Å². The summed E-state index contributed by atoms with van der Waals surface area (Å²) in [6.07, 6.45) is 0. The highest BCUT2D eigenvalue weighted by atomic mass is 32.2. The van der Waals surface area contributed by atoms with Crippen molar-refractivity contribution in [3.05, 3.63) is 48.0 Å². The Morgan fingerprint density at radius 3 is 2.65 bits per heavy atom. The Kier molecular flexibility index (Phi) is 5.55. The molecule has 0 radical (unpaired) electrons. The number of hydrogen-bond donors (Lipinski definition) is 2. The minimum Gasteiger partial charge on any atom is -0.497 e. The number of rotatable bonds is 5. The average Bonchev–Trinajstić information content (AvgIpc) is 2.78. The van der Waals surface area contributed by atoms with E-state index in [9.17, 15) is 13.2 Å². The Morgan fingerprint density at radius 1 is 1.23 bits per heavy atom. The van der Waals surface area contributed by atoms with E-state index in [1.165, 1.54) is 6.07 Å². The van der Waals surface area contributed by atoms with Crippen LogP contribution in [0.25, 0.3) is 0 Å². The first-order valence-corrected chi connectivity index (χ1v) is 10.6. The van der Waals surface area contributed by atoms with Gasteiger partial charge in [0.15, 0.2) is 0 Å². The fraction of sp³-hybridized carbons (Fsp3) is 0.278. The molecule has 1 atom stereocenters. The molecule has 1 amide bonds. The summed E-state index contributed by atoms with van der Waals surface area (Å²) in [5.74, 6) is 1.16. The van der Waals surface area contributed by atoms with E-state index in [4.69, 9.17) is 4.74 Å². The lowest BCUT2D eigenvalue weighted by Crippen LogP contribution is -2.24. The van der Waals surface area contributed by atoms with Crippen molar-refractivity contribution < 1.29 is 17.9 Å². The highest BCUT2D eigenvalue weighted by Gasteiger charge is 2.22. The van der Waals surface area contributed by atoms with Crippen LogP contribution in [0, 0.1) is 5.92 Å². The zero-order chi connectivity index (χ0) is 18.7. The number of thioether (sulfide) groups is 1. The molecule has 0 spiro atoms. The van der Waals surface area contributed by atoms with Crippen LogP contribution in [0.1, 0.15) is 12.5 Å². The van der Waals surface area contributed by atoms with Crippen LogP contribution in [0.2, 0.25) is 0 Å². The van der Waals surface area contributed by atoms with Crippen molar-refractivity contribution in [3.8, 4) is 5.75 Å². The molecular formula is C18H20N2O4S2. The smallest absolute Gasteiger partial charge is 0.240 e. The first-order chi connectivity index (χ1) is 12.4. The van der Waals surface area contributed by atoms with E-state index < -0.39 is 10.0 Å². The zero-order valence-corrected chi connectivity index (χ0v) is 16.1. The molecule has 1 heterocycles. The quantitative estimate of drug-likeness (QED) is 0.817. The summed E-state index contributed by atoms with van der Waals surface area (Å²) in [6.45, 7) is 2.02. The third kappa shape index (κ3) is 4.20. The maximum Gasteiger partial charge on any atom is 0.240 e. The molecule has 138 valence electrons. The number of fused-ring (bicyclic) bond motifs is 1. The summed E-state index contributed by atoms with van der Waals surface area (Å²) in [7, 11) is -2.12. The van der Waals surface area contributed by atoms with Gasteiger partial charge in [-0.15, -0.1) is 11.8 Å². The van der Waals surface area contributed by atoms with Gasteiger partial charge < -0.3 is 10.1 Å². The lowest BCUT2D eigenvalue weighted by molar-refractivity contribution is -0.118. The van der Waals surface area contributed by atoms with Crippen LogP contribution in [-0.4, -0.2) is 27.2 Å². The molecule has 0 aromatic heterocycles. The van der Waals surface area contributed by atoms with E-state index in [0.29, 0.717) is 17.2 Å². The minimum atomic E-state index is -3.69. The molecule has 2 aromatic carbocycles. The zero-order valence-electron chi connectivity index (χ0n) is 14.5. The SMILES string of the molecule is COc1ccc(CNS(=O)(=O)c2ccc3c(c2)NC(=O)[C@H](C)CS3)cc1. The topological polar surface area (TPSA) is 84.5 Å². The van der Waals surface area contributed by atoms with Gasteiger partial charge in [0.05, 0.1) is 17.7 Å². The Hall–Kier alpha value is -2.03. The van der Waals surface area contributed by atoms with E-state index in [2.05, 4.69) is 10.0 Å². The number of benzene rings is 2. The van der Waals surface area contributed by atoms with Gasteiger partial charge in [-0.05, 0) is 35.9 Å². The lowest BCUT2D eigenvalue weighted by atomic mass is 10.2. The van der Waals surface area contributed by atoms with E-state index in [0.717, 1.165) is 10.5 Å². The van der Waals surface area contributed by atoms with Crippen LogP contribution in [0.15, 0.2) is 52.3 Å². The van der Waals surface area contributed by atoms with Crippen LogP contribution in [0.4, 0.5) is 5.69 Å². The first kappa shape index (κ1) is 18.8. The van der Waals surface area contributed by atoms with Gasteiger partial charge in [-0.3, -0.25) is 4.79 Å². The summed E-state index contributed by atoms with van der Waals surface area (Å²) >= 11 is 1.54. The van der Waals surface area contributed by atoms with Crippen molar-refractivity contribution in [1.29, 1.82) is 0 Å². The van der Waals surface area contributed by atoms with Gasteiger partial charge >= 0.3 is 0 Å². The predicted molar refractivity (Wildman–Crippen MR) is 102 cm³/mol. The van der Waals surface area contributed by atoms with Crippen LogP contribution in [-0.2, 0) is 21.4 Å². The second kappa shape index (κ2) is 7.69. The third-order valence-electron chi connectivity index (χ3n) is 4.08. The Balaban J connectivity index is 1.77. The number of ether oxygens (including phenoxy) is 1. The van der Waals surface area contributed by atoms with Crippen molar-refractivity contribution in [1.82, 2.24) is 4.72 Å². The van der Waals surface area contributed by atoms with Gasteiger partial charge in [-0.1, -0.05) is 19.1 Å². The van der Waals surface area contributed by atoms with Crippen molar-refractivity contribution in [3.63, 3.8) is 0 Å². The second-order valence-corrected chi connectivity index (χ2v) is 8.86. The van der Waals surface area contributed by atoms with E-state index in [-0.39, 0.29) is 23.3 Å². The Morgan fingerprint density at radius 2 is 1.96 bits per heavy atom. The van der Waals surface area contributed by atoms with E-state index in [1.54, 1.807) is 55.3 Å². The number of carbonyl (C=O) groups is 1. The monoisotopic (exact) mass is 392 g/mol. The summed E-state index contributed by atoms with van der Waals surface area (Å²) in [5.41, 5.74) is 1.36. The molecule has 2 aromatic rings. The maximum atomic E-state index is 12.6. The Bertz CT molecular complexity index is 911. The van der Waals surface area contributed by atoms with Crippen LogP contribution in [0.5, 0.6) is 5.75 Å². The fourth-order valence-electron chi connectivity index (χ4n) is 2.45. The maximum absolute atomic E-state index is 12.6. The first-order valence-electron chi connectivity index (χ1n) is 8.09. The molecule has 1 aliphatic heterocycles. The molecule has 0 aliphatic carbocycles. The van der Waals surface area contributed by atoms with Crippen LogP contribution >= 0.6 is 11.8 Å². The third-order valence-corrected chi connectivity index (χ3v) is 6.81. The molecule has 3 rings (SSSR count). The van der Waals surface area contributed by atoms with Crippen molar-refractivity contribution in [2.45, 2.75) is 23.3 Å². The van der Waals surface area contributed by atoms with Crippen LogP contribution < -0.4 is 14.8 Å².